The lowest BCUT2D eigenvalue weighted by molar-refractivity contribution is -0.132. The summed E-state index contributed by atoms with van der Waals surface area (Å²) in [5, 5.41) is 18.1. The molecule has 0 aliphatic carbocycles. The molecule has 1 aliphatic heterocycles. The maximum absolute atomic E-state index is 11.0. The lowest BCUT2D eigenvalue weighted by Gasteiger charge is -2.17. The summed E-state index contributed by atoms with van der Waals surface area (Å²) >= 11 is 0. The molecule has 1 rings (SSSR count). The van der Waals surface area contributed by atoms with Crippen LogP contribution in [0, 0.1) is 0 Å². The van der Waals surface area contributed by atoms with Crippen LogP contribution in [0.2, 0.25) is 0 Å². The number of β-amino-alcohol motifs (C(OH)–C–C–N with tert-alkyl or cyclic N) is 2. The minimum Gasteiger partial charge on any atom is -0.391 e. The lowest BCUT2D eigenvalue weighted by Crippen LogP contribution is -2.41. The van der Waals surface area contributed by atoms with Crippen LogP contribution >= 0.6 is 0 Å². The molecule has 2 amide bonds. The molecule has 0 aromatic carbocycles. The van der Waals surface area contributed by atoms with Gasteiger partial charge in [0.05, 0.1) is 19.1 Å². The number of nitrogens with zero attached hydrogens (tertiary/aromatic N) is 1. The first-order valence-electron chi connectivity index (χ1n) is 3.94. The zero-order chi connectivity index (χ0) is 10.0. The highest BCUT2D eigenvalue weighted by atomic mass is 16.3. The Hall–Kier alpha value is -1.14. The molecule has 4 N–H and O–H groups in total. The Morgan fingerprint density at radius 3 is 2.77 bits per heavy atom. The summed E-state index contributed by atoms with van der Waals surface area (Å²) in [6.45, 7) is 0.0222. The second-order valence-electron chi connectivity index (χ2n) is 3.07. The molecular formula is C7H12N2O4. The molecule has 1 saturated heterocycles. The van der Waals surface area contributed by atoms with E-state index in [0.29, 0.717) is 0 Å². The van der Waals surface area contributed by atoms with Crippen LogP contribution in [0.25, 0.3) is 0 Å². The Morgan fingerprint density at radius 2 is 2.38 bits per heavy atom. The van der Waals surface area contributed by atoms with E-state index in [1.165, 1.54) is 4.90 Å². The number of primary amides is 1. The summed E-state index contributed by atoms with van der Waals surface area (Å²) < 4.78 is 0. The Balaban J connectivity index is 2.46. The number of nitrogens with two attached hydrogens (primary N) is 1. The Morgan fingerprint density at radius 1 is 1.77 bits per heavy atom. The van der Waals surface area contributed by atoms with Crippen LogP contribution in [0.3, 0.4) is 0 Å². The zero-order valence-electron chi connectivity index (χ0n) is 7.01. The van der Waals surface area contributed by atoms with Crippen molar-refractivity contribution in [3.63, 3.8) is 0 Å². The van der Waals surface area contributed by atoms with Crippen molar-refractivity contribution < 1.29 is 19.8 Å². The monoisotopic (exact) mass is 188 g/mol. The van der Waals surface area contributed by atoms with Crippen molar-refractivity contribution in [3.8, 4) is 0 Å². The molecule has 13 heavy (non-hydrogen) atoms. The molecule has 0 bridgehead atoms. The maximum Gasteiger partial charge on any atom is 0.248 e. The van der Waals surface area contributed by atoms with Gasteiger partial charge in [-0.2, -0.15) is 0 Å². The number of rotatable bonds is 3. The van der Waals surface area contributed by atoms with Crippen LogP contribution in [-0.2, 0) is 9.59 Å². The van der Waals surface area contributed by atoms with Crippen LogP contribution in [0.5, 0.6) is 0 Å². The number of amides is 2. The van der Waals surface area contributed by atoms with E-state index in [4.69, 9.17) is 15.9 Å². The van der Waals surface area contributed by atoms with Crippen molar-refractivity contribution in [2.75, 3.05) is 13.1 Å². The predicted octanol–water partition coefficient (Wildman–Crippen LogP) is -2.57. The number of aliphatic hydroxyl groups is 2. The average molecular weight is 188 g/mol. The minimum absolute atomic E-state index is 0.0471. The predicted molar refractivity (Wildman–Crippen MR) is 42.4 cm³/mol. The van der Waals surface area contributed by atoms with E-state index in [0.717, 1.165) is 0 Å². The topological polar surface area (TPSA) is 104 Å². The van der Waals surface area contributed by atoms with Crippen LogP contribution in [-0.4, -0.2) is 52.2 Å². The van der Waals surface area contributed by atoms with Crippen molar-refractivity contribution >= 4 is 11.8 Å². The summed E-state index contributed by atoms with van der Waals surface area (Å²) in [6.07, 6.45) is -2.01. The quantitative estimate of drug-likeness (QED) is 0.452. The molecule has 2 atom stereocenters. The third-order valence-corrected chi connectivity index (χ3v) is 1.92. The Labute approximate surface area is 74.9 Å². The van der Waals surface area contributed by atoms with Gasteiger partial charge in [-0.25, -0.2) is 0 Å². The highest BCUT2D eigenvalue weighted by Crippen LogP contribution is 2.10. The maximum atomic E-state index is 11.0. The molecular weight excluding hydrogens is 176 g/mol. The van der Waals surface area contributed by atoms with Crippen molar-refractivity contribution in [2.45, 2.75) is 18.6 Å². The van der Waals surface area contributed by atoms with Crippen LogP contribution < -0.4 is 5.73 Å². The Bertz CT molecular complexity index is 231. The highest BCUT2D eigenvalue weighted by molar-refractivity contribution is 5.82. The van der Waals surface area contributed by atoms with Gasteiger partial charge in [-0.15, -0.1) is 0 Å². The summed E-state index contributed by atoms with van der Waals surface area (Å²) in [5.41, 5.74) is 4.80. The van der Waals surface area contributed by atoms with E-state index in [2.05, 4.69) is 0 Å². The van der Waals surface area contributed by atoms with Crippen molar-refractivity contribution in [1.29, 1.82) is 0 Å². The van der Waals surface area contributed by atoms with Gasteiger partial charge in [0.2, 0.25) is 11.8 Å². The summed E-state index contributed by atoms with van der Waals surface area (Å²) in [6, 6.07) is 0. The first-order valence-corrected chi connectivity index (χ1v) is 3.94. The zero-order valence-corrected chi connectivity index (χ0v) is 7.01. The molecule has 6 nitrogen and oxygen atoms in total. The number of hydrogen-bond acceptors (Lipinski definition) is 4. The number of carbonyl (C=O) groups excluding carboxylic acids is 2. The number of aliphatic hydroxyl groups excluding tert-OH is 2. The van der Waals surface area contributed by atoms with Crippen molar-refractivity contribution in [2.24, 2.45) is 5.73 Å². The van der Waals surface area contributed by atoms with Crippen molar-refractivity contribution in [1.82, 2.24) is 4.90 Å². The second-order valence-corrected chi connectivity index (χ2v) is 3.07. The van der Waals surface area contributed by atoms with E-state index in [9.17, 15) is 9.59 Å². The molecule has 0 aromatic heterocycles. The summed E-state index contributed by atoms with van der Waals surface area (Å²) in [4.78, 5) is 22.7. The standard InChI is InChI=1S/C7H12N2O4/c8-7(13)5(11)3-9-2-4(10)1-6(9)12/h4-5,10-11H,1-3H2,(H2,8,13). The van der Waals surface area contributed by atoms with Gasteiger partial charge < -0.3 is 20.8 Å². The molecule has 0 saturated carbocycles. The molecule has 0 radical (unpaired) electrons. The first-order chi connectivity index (χ1) is 6.00. The van der Waals surface area contributed by atoms with Gasteiger partial charge in [-0.05, 0) is 0 Å². The van der Waals surface area contributed by atoms with E-state index >= 15 is 0 Å². The fraction of sp³-hybridized carbons (Fsp3) is 0.714. The molecule has 74 valence electrons. The number of likely N-dealkylation sites (tertiary alicyclic amines) is 1. The van der Waals surface area contributed by atoms with Gasteiger partial charge in [-0.1, -0.05) is 0 Å². The molecule has 0 spiro atoms. The number of hydrogen-bond donors (Lipinski definition) is 3. The van der Waals surface area contributed by atoms with E-state index in [-0.39, 0.29) is 25.4 Å². The van der Waals surface area contributed by atoms with Crippen LogP contribution in [0.1, 0.15) is 6.42 Å². The smallest absolute Gasteiger partial charge is 0.248 e. The molecule has 1 fully saturated rings. The average Bonchev–Trinajstić information content (AvgIpc) is 2.30. The molecule has 1 heterocycles. The normalized spacial score (nSPS) is 24.9. The van der Waals surface area contributed by atoms with E-state index in [1.807, 2.05) is 0 Å². The highest BCUT2D eigenvalue weighted by Gasteiger charge is 2.30. The van der Waals surface area contributed by atoms with Gasteiger partial charge in [0.1, 0.15) is 6.10 Å². The molecule has 2 unspecified atom stereocenters. The van der Waals surface area contributed by atoms with Gasteiger partial charge in [0.25, 0.3) is 0 Å². The van der Waals surface area contributed by atoms with Crippen LogP contribution in [0.15, 0.2) is 0 Å². The summed E-state index contributed by atoms with van der Waals surface area (Å²) in [5.74, 6) is -1.14. The van der Waals surface area contributed by atoms with Gasteiger partial charge in [0.15, 0.2) is 0 Å². The number of carbonyl (C=O) groups is 2. The van der Waals surface area contributed by atoms with E-state index < -0.39 is 18.1 Å². The lowest BCUT2D eigenvalue weighted by atomic mass is 10.3. The minimum atomic E-state index is -1.35. The third-order valence-electron chi connectivity index (χ3n) is 1.92. The fourth-order valence-corrected chi connectivity index (χ4v) is 1.23. The van der Waals surface area contributed by atoms with Gasteiger partial charge in [-0.3, -0.25) is 9.59 Å². The third kappa shape index (κ3) is 2.40. The Kier molecular flexibility index (Phi) is 2.84. The van der Waals surface area contributed by atoms with E-state index in [1.54, 1.807) is 0 Å². The second kappa shape index (κ2) is 3.71. The van der Waals surface area contributed by atoms with Gasteiger partial charge in [0, 0.05) is 6.54 Å². The summed E-state index contributed by atoms with van der Waals surface area (Å²) in [7, 11) is 0. The largest absolute Gasteiger partial charge is 0.391 e. The molecule has 1 aliphatic rings. The first kappa shape index (κ1) is 9.94. The van der Waals surface area contributed by atoms with Crippen LogP contribution in [0.4, 0.5) is 0 Å². The SMILES string of the molecule is NC(=O)C(O)CN1CC(O)CC1=O. The van der Waals surface area contributed by atoms with Gasteiger partial charge >= 0.3 is 0 Å². The fourth-order valence-electron chi connectivity index (χ4n) is 1.23. The van der Waals surface area contributed by atoms with Crippen molar-refractivity contribution in [3.05, 3.63) is 0 Å². The molecule has 0 aromatic rings. The molecule has 6 heteroatoms.